The van der Waals surface area contributed by atoms with Crippen molar-refractivity contribution in [2.45, 2.75) is 20.0 Å². The van der Waals surface area contributed by atoms with Crippen LogP contribution in [0.1, 0.15) is 19.4 Å². The lowest BCUT2D eigenvalue weighted by atomic mass is 10.1. The zero-order valence-corrected chi connectivity index (χ0v) is 14.4. The van der Waals surface area contributed by atoms with E-state index >= 15 is 0 Å². The van der Waals surface area contributed by atoms with Crippen LogP contribution in [0.3, 0.4) is 0 Å². The van der Waals surface area contributed by atoms with Crippen LogP contribution in [0, 0.1) is 11.3 Å². The van der Waals surface area contributed by atoms with E-state index in [1.54, 1.807) is 37.4 Å². The third-order valence-electron chi connectivity index (χ3n) is 3.29. The Hall–Kier alpha value is -3.26. The first-order valence-corrected chi connectivity index (χ1v) is 7.86. The van der Waals surface area contributed by atoms with Gasteiger partial charge in [-0.1, -0.05) is 18.2 Å². The average molecular weight is 336 g/mol. The van der Waals surface area contributed by atoms with Gasteiger partial charge in [0.25, 0.3) is 5.91 Å². The summed E-state index contributed by atoms with van der Waals surface area (Å²) in [4.78, 5) is 12.4. The number of nitrogens with zero attached hydrogens (tertiary/aromatic N) is 1. The van der Waals surface area contributed by atoms with Crippen molar-refractivity contribution < 1.29 is 14.3 Å². The number of carbonyl (C=O) groups is 1. The molecule has 0 unspecified atom stereocenters. The van der Waals surface area contributed by atoms with Crippen molar-refractivity contribution in [1.82, 2.24) is 0 Å². The molecule has 1 N–H and O–H groups in total. The van der Waals surface area contributed by atoms with E-state index in [2.05, 4.69) is 5.32 Å². The van der Waals surface area contributed by atoms with Crippen molar-refractivity contribution in [3.63, 3.8) is 0 Å². The lowest BCUT2D eigenvalue weighted by molar-refractivity contribution is -0.112. The van der Waals surface area contributed by atoms with Crippen LogP contribution in [0.2, 0.25) is 0 Å². The van der Waals surface area contributed by atoms with Gasteiger partial charge in [-0.05, 0) is 50.3 Å². The smallest absolute Gasteiger partial charge is 0.266 e. The first kappa shape index (κ1) is 18.1. The number of methoxy groups -OCH3 is 1. The van der Waals surface area contributed by atoms with Crippen molar-refractivity contribution in [3.05, 3.63) is 59.7 Å². The molecule has 2 aromatic carbocycles. The number of nitrogens with one attached hydrogen (secondary N) is 1. The quantitative estimate of drug-likeness (QED) is 0.638. The number of nitriles is 1. The fraction of sp³-hybridized carbons (Fsp3) is 0.200. The van der Waals surface area contributed by atoms with E-state index in [1.807, 2.05) is 38.1 Å². The van der Waals surface area contributed by atoms with Crippen molar-refractivity contribution in [3.8, 4) is 17.6 Å². The van der Waals surface area contributed by atoms with Crippen molar-refractivity contribution in [2.75, 3.05) is 12.4 Å². The summed E-state index contributed by atoms with van der Waals surface area (Å²) >= 11 is 0. The van der Waals surface area contributed by atoms with Crippen molar-refractivity contribution in [2.24, 2.45) is 0 Å². The Kier molecular flexibility index (Phi) is 6.19. The number of para-hydroxylation sites is 1. The van der Waals surface area contributed by atoms with Crippen LogP contribution in [-0.2, 0) is 4.79 Å². The third-order valence-corrected chi connectivity index (χ3v) is 3.29. The number of benzene rings is 2. The standard InChI is InChI=1S/C20H20N2O3/c1-14(2)25-19-7-5-4-6-15(19)12-16(13-21)20(23)22-17-8-10-18(24-3)11-9-17/h4-12,14H,1-3H3,(H,22,23)/b16-12-. The molecule has 0 aliphatic rings. The summed E-state index contributed by atoms with van der Waals surface area (Å²) in [6.45, 7) is 3.84. The number of hydrogen-bond acceptors (Lipinski definition) is 4. The maximum absolute atomic E-state index is 12.4. The molecule has 0 bridgehead atoms. The Labute approximate surface area is 147 Å². The normalized spacial score (nSPS) is 10.9. The Bertz CT molecular complexity index is 802. The van der Waals surface area contributed by atoms with Gasteiger partial charge in [0, 0.05) is 11.3 Å². The van der Waals surface area contributed by atoms with E-state index in [4.69, 9.17) is 9.47 Å². The van der Waals surface area contributed by atoms with Gasteiger partial charge in [0.2, 0.25) is 0 Å². The predicted octanol–water partition coefficient (Wildman–Crippen LogP) is 4.03. The molecule has 0 atom stereocenters. The minimum Gasteiger partial charge on any atom is -0.497 e. The molecule has 128 valence electrons. The summed E-state index contributed by atoms with van der Waals surface area (Å²) in [6.07, 6.45) is 1.52. The Balaban J connectivity index is 2.22. The second-order valence-electron chi connectivity index (χ2n) is 5.56. The van der Waals surface area contributed by atoms with E-state index in [-0.39, 0.29) is 11.7 Å². The van der Waals surface area contributed by atoms with Gasteiger partial charge in [-0.25, -0.2) is 0 Å². The highest BCUT2D eigenvalue weighted by atomic mass is 16.5. The van der Waals surface area contributed by atoms with Crippen molar-refractivity contribution in [1.29, 1.82) is 5.26 Å². The van der Waals surface area contributed by atoms with E-state index in [1.165, 1.54) is 6.08 Å². The number of rotatable bonds is 6. The summed E-state index contributed by atoms with van der Waals surface area (Å²) < 4.78 is 10.8. The van der Waals surface area contributed by atoms with E-state index < -0.39 is 5.91 Å². The highest BCUT2D eigenvalue weighted by molar-refractivity contribution is 6.09. The highest BCUT2D eigenvalue weighted by Crippen LogP contribution is 2.23. The molecular weight excluding hydrogens is 316 g/mol. The van der Waals surface area contributed by atoms with Gasteiger partial charge in [0.05, 0.1) is 13.2 Å². The molecule has 0 radical (unpaired) electrons. The molecule has 0 saturated carbocycles. The molecule has 2 rings (SSSR count). The zero-order valence-electron chi connectivity index (χ0n) is 14.4. The lowest BCUT2D eigenvalue weighted by Crippen LogP contribution is -2.13. The summed E-state index contributed by atoms with van der Waals surface area (Å²) in [6, 6.07) is 16.1. The molecule has 0 aliphatic heterocycles. The number of hydrogen-bond donors (Lipinski definition) is 1. The lowest BCUT2D eigenvalue weighted by Gasteiger charge is -2.12. The summed E-state index contributed by atoms with van der Waals surface area (Å²) in [5.41, 5.74) is 1.26. The fourth-order valence-electron chi connectivity index (χ4n) is 2.14. The van der Waals surface area contributed by atoms with E-state index in [9.17, 15) is 10.1 Å². The molecule has 0 aliphatic carbocycles. The maximum Gasteiger partial charge on any atom is 0.266 e. The molecule has 0 aromatic heterocycles. The molecule has 0 heterocycles. The molecule has 0 saturated heterocycles. The van der Waals surface area contributed by atoms with Gasteiger partial charge in [-0.15, -0.1) is 0 Å². The molecule has 0 spiro atoms. The Morgan fingerprint density at radius 3 is 2.44 bits per heavy atom. The number of amides is 1. The molecule has 5 heteroatoms. The zero-order chi connectivity index (χ0) is 18.2. The van der Waals surface area contributed by atoms with E-state index in [0.717, 1.165) is 0 Å². The van der Waals surface area contributed by atoms with Crippen LogP contribution in [0.4, 0.5) is 5.69 Å². The van der Waals surface area contributed by atoms with Gasteiger partial charge in [0.1, 0.15) is 23.1 Å². The average Bonchev–Trinajstić information content (AvgIpc) is 2.61. The topological polar surface area (TPSA) is 71.3 Å². The van der Waals surface area contributed by atoms with Gasteiger partial charge in [0.15, 0.2) is 0 Å². The summed E-state index contributed by atoms with van der Waals surface area (Å²) in [5.74, 6) is 0.836. The van der Waals surface area contributed by atoms with Crippen LogP contribution in [0.15, 0.2) is 54.1 Å². The predicted molar refractivity (Wildman–Crippen MR) is 97.4 cm³/mol. The summed E-state index contributed by atoms with van der Waals surface area (Å²) in [5, 5.41) is 12.0. The van der Waals surface area contributed by atoms with Gasteiger partial charge < -0.3 is 14.8 Å². The molecule has 25 heavy (non-hydrogen) atoms. The Morgan fingerprint density at radius 2 is 1.84 bits per heavy atom. The number of anilines is 1. The van der Waals surface area contributed by atoms with Crippen LogP contribution in [0.5, 0.6) is 11.5 Å². The summed E-state index contributed by atoms with van der Waals surface area (Å²) in [7, 11) is 1.57. The highest BCUT2D eigenvalue weighted by Gasteiger charge is 2.12. The Morgan fingerprint density at radius 1 is 1.16 bits per heavy atom. The second-order valence-corrected chi connectivity index (χ2v) is 5.56. The molecular formula is C20H20N2O3. The second kappa shape index (κ2) is 8.55. The maximum atomic E-state index is 12.4. The first-order valence-electron chi connectivity index (χ1n) is 7.86. The number of ether oxygens (including phenoxy) is 2. The SMILES string of the molecule is COc1ccc(NC(=O)/C(C#N)=C\c2ccccc2OC(C)C)cc1. The molecule has 5 nitrogen and oxygen atoms in total. The largest absolute Gasteiger partial charge is 0.497 e. The monoisotopic (exact) mass is 336 g/mol. The third kappa shape index (κ3) is 5.11. The number of carbonyl (C=O) groups excluding carboxylic acids is 1. The molecule has 1 amide bonds. The van der Waals surface area contributed by atoms with Crippen LogP contribution < -0.4 is 14.8 Å². The van der Waals surface area contributed by atoms with Gasteiger partial charge >= 0.3 is 0 Å². The van der Waals surface area contributed by atoms with Crippen LogP contribution in [-0.4, -0.2) is 19.1 Å². The van der Waals surface area contributed by atoms with Crippen LogP contribution in [0.25, 0.3) is 6.08 Å². The van der Waals surface area contributed by atoms with Crippen LogP contribution >= 0.6 is 0 Å². The first-order chi connectivity index (χ1) is 12.0. The molecule has 2 aromatic rings. The van der Waals surface area contributed by atoms with Crippen molar-refractivity contribution >= 4 is 17.7 Å². The fourth-order valence-corrected chi connectivity index (χ4v) is 2.14. The van der Waals surface area contributed by atoms with Gasteiger partial charge in [-0.2, -0.15) is 5.26 Å². The minimum atomic E-state index is -0.480. The molecule has 0 fully saturated rings. The minimum absolute atomic E-state index is 0.00405. The van der Waals surface area contributed by atoms with E-state index in [0.29, 0.717) is 22.7 Å². The van der Waals surface area contributed by atoms with Gasteiger partial charge in [-0.3, -0.25) is 4.79 Å².